The number of amides is 2. The molecule has 0 aliphatic carbocycles. The normalized spacial score (nSPS) is 16.7. The van der Waals surface area contributed by atoms with Crippen molar-refractivity contribution in [2.45, 2.75) is 0 Å². The summed E-state index contributed by atoms with van der Waals surface area (Å²) >= 11 is 0.914. The van der Waals surface area contributed by atoms with E-state index in [1.165, 1.54) is 12.0 Å². The van der Waals surface area contributed by atoms with Gasteiger partial charge in [0.25, 0.3) is 11.1 Å². The first-order valence-electron chi connectivity index (χ1n) is 6.51. The van der Waals surface area contributed by atoms with Gasteiger partial charge in [-0.2, -0.15) is 0 Å². The molecule has 116 valence electrons. The van der Waals surface area contributed by atoms with Gasteiger partial charge in [-0.3, -0.25) is 19.4 Å². The summed E-state index contributed by atoms with van der Waals surface area (Å²) in [5.74, 6) is -0.724. The van der Waals surface area contributed by atoms with Gasteiger partial charge in [0, 0.05) is 0 Å². The standard InChI is InChI=1S/C15H16N2O4S/c1-16(2)9-17-13(18)12(22-15(17)20)8-10-4-6-11(7-5-10)14(19)21-3/h4-8H,9H2,1-3H3/b12-8+. The Labute approximate surface area is 132 Å². The molecule has 1 fully saturated rings. The maximum atomic E-state index is 12.2. The topological polar surface area (TPSA) is 66.9 Å². The maximum Gasteiger partial charge on any atom is 0.337 e. The molecule has 1 aliphatic rings. The van der Waals surface area contributed by atoms with E-state index < -0.39 is 5.97 Å². The highest BCUT2D eigenvalue weighted by atomic mass is 32.2. The van der Waals surface area contributed by atoms with Crippen LogP contribution >= 0.6 is 11.8 Å². The summed E-state index contributed by atoms with van der Waals surface area (Å²) < 4.78 is 4.62. The summed E-state index contributed by atoms with van der Waals surface area (Å²) in [6.07, 6.45) is 1.64. The second kappa shape index (κ2) is 6.76. The first-order chi connectivity index (χ1) is 10.4. The minimum atomic E-state index is -0.419. The predicted octanol–water partition coefficient (Wildman–Crippen LogP) is 2.03. The average molecular weight is 320 g/mol. The molecule has 1 aromatic carbocycles. The Bertz CT molecular complexity index is 637. The lowest BCUT2D eigenvalue weighted by Gasteiger charge is -2.17. The zero-order valence-electron chi connectivity index (χ0n) is 12.5. The van der Waals surface area contributed by atoms with E-state index >= 15 is 0 Å². The van der Waals surface area contributed by atoms with Gasteiger partial charge in [-0.1, -0.05) is 12.1 Å². The van der Waals surface area contributed by atoms with Gasteiger partial charge >= 0.3 is 5.97 Å². The fraction of sp³-hybridized carbons (Fsp3) is 0.267. The van der Waals surface area contributed by atoms with Gasteiger partial charge < -0.3 is 4.74 Å². The number of rotatable bonds is 4. The summed E-state index contributed by atoms with van der Waals surface area (Å²) in [6.45, 7) is 0.253. The van der Waals surface area contributed by atoms with Crippen LogP contribution in [0, 0.1) is 0 Å². The number of esters is 1. The van der Waals surface area contributed by atoms with E-state index in [0.717, 1.165) is 17.3 Å². The lowest BCUT2D eigenvalue weighted by molar-refractivity contribution is -0.123. The highest BCUT2D eigenvalue weighted by Crippen LogP contribution is 2.32. The first-order valence-corrected chi connectivity index (χ1v) is 7.32. The Morgan fingerprint density at radius 1 is 1.27 bits per heavy atom. The Balaban J connectivity index is 2.18. The number of ether oxygens (including phenoxy) is 1. The third kappa shape index (κ3) is 3.55. The number of carbonyl (C=O) groups is 3. The first kappa shape index (κ1) is 16.3. The Kier molecular flexibility index (Phi) is 4.99. The molecule has 1 saturated heterocycles. The number of carbonyl (C=O) groups excluding carboxylic acids is 3. The van der Waals surface area contributed by atoms with Crippen LogP contribution in [0.1, 0.15) is 15.9 Å². The number of hydrogen-bond donors (Lipinski definition) is 0. The van der Waals surface area contributed by atoms with Crippen molar-refractivity contribution in [1.29, 1.82) is 0 Å². The molecule has 2 amide bonds. The van der Waals surface area contributed by atoms with E-state index in [1.54, 1.807) is 49.3 Å². The monoisotopic (exact) mass is 320 g/mol. The quantitative estimate of drug-likeness (QED) is 0.625. The Morgan fingerprint density at radius 3 is 2.45 bits per heavy atom. The molecule has 7 heteroatoms. The fourth-order valence-corrected chi connectivity index (χ4v) is 2.72. The van der Waals surface area contributed by atoms with Gasteiger partial charge in [0.1, 0.15) is 0 Å². The molecule has 0 saturated carbocycles. The number of benzene rings is 1. The number of thioether (sulfide) groups is 1. The van der Waals surface area contributed by atoms with Crippen molar-refractivity contribution in [2.24, 2.45) is 0 Å². The van der Waals surface area contributed by atoms with Gasteiger partial charge in [0.2, 0.25) is 0 Å². The van der Waals surface area contributed by atoms with Crippen molar-refractivity contribution in [3.63, 3.8) is 0 Å². The second-order valence-electron chi connectivity index (χ2n) is 4.94. The van der Waals surface area contributed by atoms with E-state index in [2.05, 4.69) is 4.74 Å². The molecule has 22 heavy (non-hydrogen) atoms. The van der Waals surface area contributed by atoms with E-state index in [1.807, 2.05) is 0 Å². The van der Waals surface area contributed by atoms with Crippen LogP contribution in [0.3, 0.4) is 0 Å². The SMILES string of the molecule is COC(=O)c1ccc(/C=C2/SC(=O)N(CN(C)C)C2=O)cc1. The molecular formula is C15H16N2O4S. The van der Waals surface area contributed by atoms with Crippen molar-refractivity contribution < 1.29 is 19.1 Å². The Morgan fingerprint density at radius 2 is 1.91 bits per heavy atom. The average Bonchev–Trinajstić information content (AvgIpc) is 2.74. The molecule has 0 unspecified atom stereocenters. The van der Waals surface area contributed by atoms with Gasteiger partial charge in [-0.25, -0.2) is 4.79 Å². The Hall–Kier alpha value is -2.12. The van der Waals surface area contributed by atoms with Crippen LogP contribution in [-0.2, 0) is 9.53 Å². The van der Waals surface area contributed by atoms with Crippen LogP contribution in [-0.4, -0.2) is 54.8 Å². The lowest BCUT2D eigenvalue weighted by atomic mass is 10.1. The zero-order valence-corrected chi connectivity index (χ0v) is 13.3. The highest BCUT2D eigenvalue weighted by Gasteiger charge is 2.35. The van der Waals surface area contributed by atoms with Gasteiger partial charge in [0.15, 0.2) is 0 Å². The highest BCUT2D eigenvalue weighted by molar-refractivity contribution is 8.18. The van der Waals surface area contributed by atoms with Crippen molar-refractivity contribution in [3.8, 4) is 0 Å². The number of methoxy groups -OCH3 is 1. The van der Waals surface area contributed by atoms with E-state index in [0.29, 0.717) is 10.5 Å². The molecule has 6 nitrogen and oxygen atoms in total. The molecule has 1 aromatic rings. The minimum absolute atomic E-state index is 0.253. The summed E-state index contributed by atoms with van der Waals surface area (Å²) in [5, 5.41) is -0.281. The van der Waals surface area contributed by atoms with Gasteiger partial charge in [0.05, 0.1) is 24.2 Å². The molecule has 0 aromatic heterocycles. The molecule has 0 radical (unpaired) electrons. The van der Waals surface area contributed by atoms with Crippen molar-refractivity contribution in [3.05, 3.63) is 40.3 Å². The molecule has 0 N–H and O–H groups in total. The van der Waals surface area contributed by atoms with E-state index in [9.17, 15) is 14.4 Å². The van der Waals surface area contributed by atoms with Crippen LogP contribution in [0.2, 0.25) is 0 Å². The second-order valence-corrected chi connectivity index (χ2v) is 5.94. The molecule has 0 spiro atoms. The van der Waals surface area contributed by atoms with E-state index in [-0.39, 0.29) is 17.8 Å². The number of nitrogens with zero attached hydrogens (tertiary/aromatic N) is 2. The summed E-state index contributed by atoms with van der Waals surface area (Å²) in [4.78, 5) is 38.7. The molecule has 1 heterocycles. The maximum absolute atomic E-state index is 12.2. The third-order valence-electron chi connectivity index (χ3n) is 2.93. The predicted molar refractivity (Wildman–Crippen MR) is 84.1 cm³/mol. The zero-order chi connectivity index (χ0) is 16.3. The third-order valence-corrected chi connectivity index (χ3v) is 3.83. The van der Waals surface area contributed by atoms with Crippen LogP contribution in [0.5, 0.6) is 0 Å². The molecule has 0 atom stereocenters. The largest absolute Gasteiger partial charge is 0.465 e. The molecule has 0 bridgehead atoms. The fourth-order valence-electron chi connectivity index (χ4n) is 1.89. The smallest absolute Gasteiger partial charge is 0.337 e. The van der Waals surface area contributed by atoms with E-state index in [4.69, 9.17) is 0 Å². The van der Waals surface area contributed by atoms with Crippen LogP contribution in [0.4, 0.5) is 4.79 Å². The van der Waals surface area contributed by atoms with Crippen molar-refractivity contribution in [1.82, 2.24) is 9.80 Å². The van der Waals surface area contributed by atoms with Gasteiger partial charge in [-0.05, 0) is 49.6 Å². The summed E-state index contributed by atoms with van der Waals surface area (Å²) in [7, 11) is 4.90. The van der Waals surface area contributed by atoms with Crippen molar-refractivity contribution >= 4 is 35.0 Å². The molecular weight excluding hydrogens is 304 g/mol. The lowest BCUT2D eigenvalue weighted by Crippen LogP contribution is -2.36. The minimum Gasteiger partial charge on any atom is -0.465 e. The molecule has 2 rings (SSSR count). The van der Waals surface area contributed by atoms with Crippen LogP contribution < -0.4 is 0 Å². The van der Waals surface area contributed by atoms with Crippen LogP contribution in [0.25, 0.3) is 6.08 Å². The van der Waals surface area contributed by atoms with Crippen molar-refractivity contribution in [2.75, 3.05) is 27.9 Å². The number of hydrogen-bond acceptors (Lipinski definition) is 6. The summed E-state index contributed by atoms with van der Waals surface area (Å²) in [6, 6.07) is 6.63. The number of imide groups is 1. The molecule has 1 aliphatic heterocycles. The van der Waals surface area contributed by atoms with Crippen LogP contribution in [0.15, 0.2) is 29.2 Å². The summed E-state index contributed by atoms with van der Waals surface area (Å²) in [5.41, 5.74) is 1.17. The van der Waals surface area contributed by atoms with Gasteiger partial charge in [-0.15, -0.1) is 0 Å².